The van der Waals surface area contributed by atoms with Gasteiger partial charge in [0.15, 0.2) is 0 Å². The molecule has 0 radical (unpaired) electrons. The lowest BCUT2D eigenvalue weighted by atomic mass is 10.1. The molecule has 124 valence electrons. The Morgan fingerprint density at radius 1 is 1.09 bits per heavy atom. The Kier molecular flexibility index (Phi) is 11.7. The molecule has 0 rings (SSSR count). The van der Waals surface area contributed by atoms with E-state index >= 15 is 0 Å². The quantitative estimate of drug-likeness (QED) is 0.315. The van der Waals surface area contributed by atoms with E-state index in [1.54, 1.807) is 32.1 Å². The van der Waals surface area contributed by atoms with Gasteiger partial charge in [-0.15, -0.1) is 13.2 Å². The summed E-state index contributed by atoms with van der Waals surface area (Å²) in [7, 11) is 0. The Bertz CT molecular complexity index is 380. The van der Waals surface area contributed by atoms with Gasteiger partial charge < -0.3 is 9.47 Å². The third-order valence-electron chi connectivity index (χ3n) is 2.89. The van der Waals surface area contributed by atoms with Gasteiger partial charge >= 0.3 is 11.9 Å². The molecule has 0 spiro atoms. The topological polar surface area (TPSA) is 55.8 Å². The molecule has 0 aliphatic carbocycles. The summed E-state index contributed by atoms with van der Waals surface area (Å²) in [4.78, 5) is 25.1. The zero-order chi connectivity index (χ0) is 16.8. The minimum Gasteiger partial charge on any atom is -0.466 e. The number of ether oxygens (including phenoxy) is 2. The smallest absolute Gasteiger partial charge is 0.330 e. The van der Waals surface area contributed by atoms with Crippen molar-refractivity contribution < 1.29 is 19.1 Å². The van der Waals surface area contributed by atoms with Gasteiger partial charge in [0, 0.05) is 31.6 Å². The Morgan fingerprint density at radius 2 is 1.68 bits per heavy atom. The summed E-state index contributed by atoms with van der Waals surface area (Å²) in [5, 5.41) is 0. The van der Waals surface area contributed by atoms with Crippen LogP contribution in [0.3, 0.4) is 0 Å². The highest BCUT2D eigenvalue weighted by Gasteiger charge is 2.16. The maximum atomic E-state index is 11.5. The molecule has 0 N–H and O–H groups in total. The van der Waals surface area contributed by atoms with Crippen molar-refractivity contribution in [2.24, 2.45) is 0 Å². The average molecular weight is 309 g/mol. The van der Waals surface area contributed by atoms with Gasteiger partial charge in [-0.2, -0.15) is 0 Å². The summed E-state index contributed by atoms with van der Waals surface area (Å²) in [6.07, 6.45) is 7.55. The Hall–Kier alpha value is -1.88. The molecule has 5 heteroatoms. The van der Waals surface area contributed by atoms with Gasteiger partial charge in [0.25, 0.3) is 0 Å². The van der Waals surface area contributed by atoms with Crippen LogP contribution in [0.15, 0.2) is 37.5 Å². The fourth-order valence-electron chi connectivity index (χ4n) is 1.96. The SMILES string of the molecule is C=CCN(CC=C)[C@H](/C=C\C(=O)OCC)CCC(=O)OCC. The molecule has 0 aliphatic rings. The van der Waals surface area contributed by atoms with Crippen molar-refractivity contribution in [3.63, 3.8) is 0 Å². The van der Waals surface area contributed by atoms with Crippen molar-refractivity contribution in [3.8, 4) is 0 Å². The standard InChI is InChI=1S/C17H27NO4/c1-5-13-18(14-6-2)15(9-11-16(19)21-7-3)10-12-17(20)22-8-4/h5-6,9,11,15H,1-2,7-8,10,12-14H2,3-4H3/b11-9-/t15-/m1/s1. The Labute approximate surface area is 133 Å². The Balaban J connectivity index is 4.85. The van der Waals surface area contributed by atoms with Gasteiger partial charge in [-0.05, 0) is 20.3 Å². The van der Waals surface area contributed by atoms with Crippen molar-refractivity contribution in [2.75, 3.05) is 26.3 Å². The van der Waals surface area contributed by atoms with E-state index in [2.05, 4.69) is 18.1 Å². The first-order valence-electron chi connectivity index (χ1n) is 7.55. The van der Waals surface area contributed by atoms with E-state index in [1.165, 1.54) is 6.08 Å². The van der Waals surface area contributed by atoms with Gasteiger partial charge in [0.2, 0.25) is 0 Å². The van der Waals surface area contributed by atoms with Crippen LogP contribution in [-0.2, 0) is 19.1 Å². The van der Waals surface area contributed by atoms with Crippen LogP contribution in [-0.4, -0.2) is 49.2 Å². The van der Waals surface area contributed by atoms with E-state index in [4.69, 9.17) is 9.47 Å². The second kappa shape index (κ2) is 12.8. The van der Waals surface area contributed by atoms with E-state index in [-0.39, 0.29) is 24.4 Å². The highest BCUT2D eigenvalue weighted by Crippen LogP contribution is 2.11. The number of carbonyl (C=O) groups is 2. The van der Waals surface area contributed by atoms with Gasteiger partial charge in [0.1, 0.15) is 0 Å². The first-order valence-corrected chi connectivity index (χ1v) is 7.55. The number of hydrogen-bond acceptors (Lipinski definition) is 5. The molecular weight excluding hydrogens is 282 g/mol. The fraction of sp³-hybridized carbons (Fsp3) is 0.529. The van der Waals surface area contributed by atoms with Gasteiger partial charge in [0.05, 0.1) is 13.2 Å². The molecule has 0 aromatic carbocycles. The first-order chi connectivity index (χ1) is 10.6. The van der Waals surface area contributed by atoms with Gasteiger partial charge in [-0.25, -0.2) is 4.79 Å². The third-order valence-corrected chi connectivity index (χ3v) is 2.89. The van der Waals surface area contributed by atoms with Gasteiger partial charge in [-0.1, -0.05) is 18.2 Å². The maximum Gasteiger partial charge on any atom is 0.330 e. The minimum atomic E-state index is -0.388. The maximum absolute atomic E-state index is 11.5. The first kappa shape index (κ1) is 20.1. The van der Waals surface area contributed by atoms with E-state index in [9.17, 15) is 9.59 Å². The summed E-state index contributed by atoms with van der Waals surface area (Å²) in [5.41, 5.74) is 0. The molecular formula is C17H27NO4. The van der Waals surface area contributed by atoms with Crippen LogP contribution in [0.25, 0.3) is 0 Å². The predicted molar refractivity (Wildman–Crippen MR) is 87.4 cm³/mol. The molecule has 0 aliphatic heterocycles. The van der Waals surface area contributed by atoms with Crippen molar-refractivity contribution in [2.45, 2.75) is 32.7 Å². The fourth-order valence-corrected chi connectivity index (χ4v) is 1.96. The van der Waals surface area contributed by atoms with Crippen LogP contribution in [0.1, 0.15) is 26.7 Å². The lowest BCUT2D eigenvalue weighted by molar-refractivity contribution is -0.143. The van der Waals surface area contributed by atoms with E-state index < -0.39 is 0 Å². The van der Waals surface area contributed by atoms with Crippen molar-refractivity contribution in [1.29, 1.82) is 0 Å². The lowest BCUT2D eigenvalue weighted by Gasteiger charge is -2.27. The molecule has 22 heavy (non-hydrogen) atoms. The van der Waals surface area contributed by atoms with Crippen LogP contribution in [0.4, 0.5) is 0 Å². The summed E-state index contributed by atoms with van der Waals surface area (Å²) >= 11 is 0. The number of carbonyl (C=O) groups excluding carboxylic acids is 2. The zero-order valence-corrected chi connectivity index (χ0v) is 13.6. The minimum absolute atomic E-state index is 0.0928. The summed E-state index contributed by atoms with van der Waals surface area (Å²) in [6.45, 7) is 13.0. The normalized spacial score (nSPS) is 12.1. The number of rotatable bonds is 12. The Morgan fingerprint density at radius 3 is 2.18 bits per heavy atom. The summed E-state index contributed by atoms with van der Waals surface area (Å²) in [5.74, 6) is -0.630. The number of nitrogens with zero attached hydrogens (tertiary/aromatic N) is 1. The summed E-state index contributed by atoms with van der Waals surface area (Å²) in [6, 6.07) is -0.0928. The molecule has 5 nitrogen and oxygen atoms in total. The monoisotopic (exact) mass is 309 g/mol. The molecule has 1 atom stereocenters. The van der Waals surface area contributed by atoms with Crippen LogP contribution < -0.4 is 0 Å². The largest absolute Gasteiger partial charge is 0.466 e. The number of esters is 2. The highest BCUT2D eigenvalue weighted by molar-refractivity contribution is 5.82. The van der Waals surface area contributed by atoms with Crippen LogP contribution in [0.5, 0.6) is 0 Å². The van der Waals surface area contributed by atoms with E-state index in [1.807, 2.05) is 0 Å². The second-order valence-electron chi connectivity index (χ2n) is 4.55. The molecule has 0 saturated carbocycles. The molecule has 0 unspecified atom stereocenters. The van der Waals surface area contributed by atoms with Crippen molar-refractivity contribution >= 4 is 11.9 Å². The molecule has 0 bridgehead atoms. The molecule has 0 aromatic rings. The third kappa shape index (κ3) is 9.13. The van der Waals surface area contributed by atoms with E-state index in [0.717, 1.165) is 0 Å². The molecule has 0 aromatic heterocycles. The number of hydrogen-bond donors (Lipinski definition) is 0. The lowest BCUT2D eigenvalue weighted by Crippen LogP contribution is -2.35. The molecule has 0 fully saturated rings. The van der Waals surface area contributed by atoms with Gasteiger partial charge in [-0.3, -0.25) is 9.69 Å². The second-order valence-corrected chi connectivity index (χ2v) is 4.55. The van der Waals surface area contributed by atoms with Crippen molar-refractivity contribution in [1.82, 2.24) is 4.90 Å². The van der Waals surface area contributed by atoms with Crippen LogP contribution in [0, 0.1) is 0 Å². The van der Waals surface area contributed by atoms with E-state index in [0.29, 0.717) is 32.7 Å². The average Bonchev–Trinajstić information content (AvgIpc) is 2.48. The highest BCUT2D eigenvalue weighted by atomic mass is 16.5. The van der Waals surface area contributed by atoms with Crippen LogP contribution >= 0.6 is 0 Å². The molecule has 0 saturated heterocycles. The zero-order valence-electron chi connectivity index (χ0n) is 13.6. The van der Waals surface area contributed by atoms with Crippen molar-refractivity contribution in [3.05, 3.63) is 37.5 Å². The predicted octanol–water partition coefficient (Wildman–Crippen LogP) is 2.49. The summed E-state index contributed by atoms with van der Waals surface area (Å²) < 4.78 is 9.82. The molecule has 0 amide bonds. The molecule has 0 heterocycles. The van der Waals surface area contributed by atoms with Crippen LogP contribution in [0.2, 0.25) is 0 Å².